The maximum atomic E-state index is 13.0. The number of carbonyl (C=O) groups excluding carboxylic acids is 1. The van der Waals surface area contributed by atoms with Crippen molar-refractivity contribution in [3.63, 3.8) is 0 Å². The van der Waals surface area contributed by atoms with Crippen molar-refractivity contribution in [2.24, 2.45) is 17.8 Å². The number of carboxylic acid groups (broad SMARTS) is 1. The van der Waals surface area contributed by atoms with Crippen LogP contribution in [-0.4, -0.2) is 61.1 Å². The quantitative estimate of drug-likeness (QED) is 0.807. The molecule has 10 heteroatoms. The Labute approximate surface area is 125 Å². The standard InChI is InChI=1S/C12H16F3NO5S/c1-22(20,21)9-5-16(4-8(9)12(13,14)15)10(17)6-2-7(3-6)11(18)19/h6-9H,2-5H2,1H3,(H,18,19)/t6?,7?,8-,9-/m1/s1. The Morgan fingerprint density at radius 1 is 1.14 bits per heavy atom. The summed E-state index contributed by atoms with van der Waals surface area (Å²) in [4.78, 5) is 23.7. The maximum absolute atomic E-state index is 13.0. The van der Waals surface area contributed by atoms with Gasteiger partial charge in [0.2, 0.25) is 5.91 Å². The first-order valence-electron chi connectivity index (χ1n) is 6.68. The minimum Gasteiger partial charge on any atom is -0.481 e. The van der Waals surface area contributed by atoms with Crippen LogP contribution >= 0.6 is 0 Å². The van der Waals surface area contributed by atoms with Gasteiger partial charge in [-0.15, -0.1) is 0 Å². The van der Waals surface area contributed by atoms with Crippen molar-refractivity contribution < 1.29 is 36.3 Å². The molecule has 126 valence electrons. The largest absolute Gasteiger partial charge is 0.481 e. The Bertz CT molecular complexity index is 582. The summed E-state index contributed by atoms with van der Waals surface area (Å²) in [6.45, 7) is -1.18. The lowest BCUT2D eigenvalue weighted by Crippen LogP contribution is -2.43. The van der Waals surface area contributed by atoms with E-state index in [4.69, 9.17) is 5.11 Å². The van der Waals surface area contributed by atoms with Crippen LogP contribution in [0.4, 0.5) is 13.2 Å². The normalized spacial score (nSPS) is 32.6. The van der Waals surface area contributed by atoms with Crippen molar-refractivity contribution in [3.05, 3.63) is 0 Å². The lowest BCUT2D eigenvalue weighted by Gasteiger charge is -2.34. The highest BCUT2D eigenvalue weighted by Gasteiger charge is 2.55. The Hall–Kier alpha value is -1.32. The van der Waals surface area contributed by atoms with E-state index in [1.54, 1.807) is 0 Å². The van der Waals surface area contributed by atoms with E-state index in [1.807, 2.05) is 0 Å². The number of carbonyl (C=O) groups is 2. The zero-order valence-electron chi connectivity index (χ0n) is 11.7. The van der Waals surface area contributed by atoms with Gasteiger partial charge in [-0.3, -0.25) is 9.59 Å². The number of halogens is 3. The van der Waals surface area contributed by atoms with Crippen LogP contribution < -0.4 is 0 Å². The van der Waals surface area contributed by atoms with Gasteiger partial charge in [0.1, 0.15) is 0 Å². The second kappa shape index (κ2) is 5.39. The number of hydrogen-bond donors (Lipinski definition) is 1. The van der Waals surface area contributed by atoms with Crippen LogP contribution in [0.1, 0.15) is 12.8 Å². The lowest BCUT2D eigenvalue weighted by molar-refractivity contribution is -0.170. The molecule has 6 nitrogen and oxygen atoms in total. The van der Waals surface area contributed by atoms with Gasteiger partial charge in [-0.05, 0) is 12.8 Å². The first-order chi connectivity index (χ1) is 9.91. The molecule has 0 aromatic rings. The van der Waals surface area contributed by atoms with Gasteiger partial charge in [0.05, 0.1) is 17.1 Å². The Balaban J connectivity index is 2.08. The molecule has 22 heavy (non-hydrogen) atoms. The molecule has 2 atom stereocenters. The molecule has 2 aliphatic rings. The number of sulfone groups is 1. The molecule has 0 spiro atoms. The van der Waals surface area contributed by atoms with Gasteiger partial charge in [0.25, 0.3) is 0 Å². The highest BCUT2D eigenvalue weighted by Crippen LogP contribution is 2.40. The van der Waals surface area contributed by atoms with Crippen molar-refractivity contribution in [3.8, 4) is 0 Å². The third-order valence-electron chi connectivity index (χ3n) is 4.38. The fourth-order valence-electron chi connectivity index (χ4n) is 2.98. The van der Waals surface area contributed by atoms with E-state index < -0.39 is 64.0 Å². The monoisotopic (exact) mass is 343 g/mol. The van der Waals surface area contributed by atoms with Crippen LogP contribution in [0.15, 0.2) is 0 Å². The molecule has 0 aromatic carbocycles. The molecular formula is C12H16F3NO5S. The van der Waals surface area contributed by atoms with Crippen LogP contribution in [0.2, 0.25) is 0 Å². The minimum absolute atomic E-state index is 0.0882. The van der Waals surface area contributed by atoms with E-state index >= 15 is 0 Å². The van der Waals surface area contributed by atoms with E-state index in [0.29, 0.717) is 0 Å². The molecule has 1 amide bonds. The first kappa shape index (κ1) is 17.0. The maximum Gasteiger partial charge on any atom is 0.394 e. The Morgan fingerprint density at radius 3 is 2.05 bits per heavy atom. The first-order valence-corrected chi connectivity index (χ1v) is 8.64. The molecule has 1 saturated carbocycles. The summed E-state index contributed by atoms with van der Waals surface area (Å²) in [6, 6.07) is 0. The SMILES string of the molecule is CS(=O)(=O)[C@@H]1CN(C(=O)C2CC(C(=O)O)C2)C[C@H]1C(F)(F)F. The molecule has 2 rings (SSSR count). The smallest absolute Gasteiger partial charge is 0.394 e. The number of hydrogen-bond acceptors (Lipinski definition) is 4. The Kier molecular flexibility index (Phi) is 4.18. The number of likely N-dealkylation sites (tertiary alicyclic amines) is 1. The van der Waals surface area contributed by atoms with Gasteiger partial charge in [-0.2, -0.15) is 13.2 Å². The fourth-order valence-corrected chi connectivity index (χ4v) is 4.27. The summed E-state index contributed by atoms with van der Waals surface area (Å²) in [7, 11) is -3.95. The average molecular weight is 343 g/mol. The third-order valence-corrected chi connectivity index (χ3v) is 5.96. The van der Waals surface area contributed by atoms with E-state index in [9.17, 15) is 31.2 Å². The van der Waals surface area contributed by atoms with Gasteiger partial charge in [0, 0.05) is 25.3 Å². The van der Waals surface area contributed by atoms with Crippen LogP contribution in [0.3, 0.4) is 0 Å². The van der Waals surface area contributed by atoms with E-state index in [2.05, 4.69) is 0 Å². The van der Waals surface area contributed by atoms with Gasteiger partial charge in [-0.1, -0.05) is 0 Å². The van der Waals surface area contributed by atoms with Crippen LogP contribution in [0, 0.1) is 17.8 Å². The molecule has 1 saturated heterocycles. The average Bonchev–Trinajstić information content (AvgIpc) is 2.69. The third kappa shape index (κ3) is 3.21. The van der Waals surface area contributed by atoms with Gasteiger partial charge >= 0.3 is 12.1 Å². The van der Waals surface area contributed by atoms with Crippen molar-refractivity contribution in [2.75, 3.05) is 19.3 Å². The number of rotatable bonds is 3. The van der Waals surface area contributed by atoms with Crippen molar-refractivity contribution in [2.45, 2.75) is 24.3 Å². The van der Waals surface area contributed by atoms with E-state index in [-0.39, 0.29) is 12.8 Å². The second-order valence-electron chi connectivity index (χ2n) is 5.96. The van der Waals surface area contributed by atoms with Crippen molar-refractivity contribution in [1.29, 1.82) is 0 Å². The summed E-state index contributed by atoms with van der Waals surface area (Å²) < 4.78 is 62.0. The van der Waals surface area contributed by atoms with Gasteiger partial charge < -0.3 is 10.0 Å². The molecule has 1 heterocycles. The topological polar surface area (TPSA) is 91.8 Å². The molecule has 2 fully saturated rings. The van der Waals surface area contributed by atoms with Crippen LogP contribution in [0.25, 0.3) is 0 Å². The molecule has 0 bridgehead atoms. The molecule has 0 radical (unpaired) electrons. The summed E-state index contributed by atoms with van der Waals surface area (Å²) >= 11 is 0. The number of amides is 1. The molecular weight excluding hydrogens is 327 g/mol. The minimum atomic E-state index is -4.70. The summed E-state index contributed by atoms with van der Waals surface area (Å²) in [5.74, 6) is -5.00. The summed E-state index contributed by atoms with van der Waals surface area (Å²) in [5, 5.41) is 7.08. The van der Waals surface area contributed by atoms with Crippen molar-refractivity contribution >= 4 is 21.7 Å². The molecule has 1 aliphatic heterocycles. The van der Waals surface area contributed by atoms with E-state index in [1.165, 1.54) is 0 Å². The van der Waals surface area contributed by atoms with Gasteiger partial charge in [-0.25, -0.2) is 8.42 Å². The second-order valence-corrected chi connectivity index (χ2v) is 8.23. The number of alkyl halides is 3. The summed E-state index contributed by atoms with van der Waals surface area (Å²) in [6.07, 6.45) is -3.80. The van der Waals surface area contributed by atoms with Crippen LogP contribution in [-0.2, 0) is 19.4 Å². The molecule has 0 aromatic heterocycles. The molecule has 1 N–H and O–H groups in total. The number of aliphatic carboxylic acids is 1. The van der Waals surface area contributed by atoms with Crippen molar-refractivity contribution in [1.82, 2.24) is 4.90 Å². The number of carboxylic acids is 1. The zero-order valence-corrected chi connectivity index (χ0v) is 12.5. The van der Waals surface area contributed by atoms with Crippen LogP contribution in [0.5, 0.6) is 0 Å². The predicted octanol–water partition coefficient (Wildman–Crippen LogP) is 0.531. The number of nitrogens with zero attached hydrogens (tertiary/aromatic N) is 1. The molecule has 1 aliphatic carbocycles. The van der Waals surface area contributed by atoms with Gasteiger partial charge in [0.15, 0.2) is 9.84 Å². The highest BCUT2D eigenvalue weighted by atomic mass is 32.2. The van der Waals surface area contributed by atoms with E-state index in [0.717, 1.165) is 11.2 Å². The summed E-state index contributed by atoms with van der Waals surface area (Å²) in [5.41, 5.74) is 0. The Morgan fingerprint density at radius 2 is 1.68 bits per heavy atom. The fraction of sp³-hybridized carbons (Fsp3) is 0.833. The predicted molar refractivity (Wildman–Crippen MR) is 68.6 cm³/mol. The zero-order chi connectivity index (χ0) is 16.9. The highest BCUT2D eigenvalue weighted by molar-refractivity contribution is 7.91. The lowest BCUT2D eigenvalue weighted by atomic mass is 9.74. The molecule has 0 unspecified atom stereocenters.